The SMILES string of the molecule is CC(C)(C)c1ccc(C(=O)N/N=C\c2ccc(S(=O)(=O)O)o2)cc1. The standard InChI is InChI=1S/C16H18N2O5S/c1-16(2,3)12-6-4-11(5-7-12)15(19)18-17-10-13-8-9-14(23-13)24(20,21)22/h4-10H,1-3H3,(H,18,19)(H,20,21,22)/b17-10-. The molecule has 8 heteroatoms. The van der Waals surface area contributed by atoms with Crippen LogP contribution in [-0.4, -0.2) is 25.1 Å². The van der Waals surface area contributed by atoms with Crippen LogP contribution in [0.15, 0.2) is 51.0 Å². The van der Waals surface area contributed by atoms with E-state index in [1.54, 1.807) is 12.1 Å². The van der Waals surface area contributed by atoms with E-state index in [1.165, 1.54) is 6.07 Å². The van der Waals surface area contributed by atoms with E-state index < -0.39 is 21.1 Å². The highest BCUT2D eigenvalue weighted by molar-refractivity contribution is 7.85. The van der Waals surface area contributed by atoms with Gasteiger partial charge < -0.3 is 4.42 Å². The first-order valence-corrected chi connectivity index (χ1v) is 8.52. The number of rotatable bonds is 4. The lowest BCUT2D eigenvalue weighted by molar-refractivity contribution is 0.0955. The van der Waals surface area contributed by atoms with Crippen molar-refractivity contribution in [3.05, 3.63) is 53.3 Å². The lowest BCUT2D eigenvalue weighted by atomic mass is 9.87. The molecule has 0 fully saturated rings. The van der Waals surface area contributed by atoms with Gasteiger partial charge in [-0.25, -0.2) is 5.43 Å². The van der Waals surface area contributed by atoms with Gasteiger partial charge in [0.15, 0.2) is 0 Å². The molecule has 1 heterocycles. The van der Waals surface area contributed by atoms with Crippen molar-refractivity contribution < 1.29 is 22.2 Å². The molecule has 2 rings (SSSR count). The molecule has 2 aromatic rings. The van der Waals surface area contributed by atoms with Gasteiger partial charge >= 0.3 is 10.1 Å². The molecule has 24 heavy (non-hydrogen) atoms. The fourth-order valence-corrected chi connectivity index (χ4v) is 2.32. The van der Waals surface area contributed by atoms with E-state index in [-0.39, 0.29) is 11.2 Å². The summed E-state index contributed by atoms with van der Waals surface area (Å²) in [4.78, 5) is 12.0. The largest absolute Gasteiger partial charge is 0.441 e. The number of hydrogen-bond acceptors (Lipinski definition) is 5. The molecule has 128 valence electrons. The number of benzene rings is 1. The molecular formula is C16H18N2O5S. The summed E-state index contributed by atoms with van der Waals surface area (Å²) in [6.07, 6.45) is 1.14. The van der Waals surface area contributed by atoms with Gasteiger partial charge in [0.1, 0.15) is 5.76 Å². The molecule has 0 aliphatic heterocycles. The number of amides is 1. The quantitative estimate of drug-likeness (QED) is 0.500. The van der Waals surface area contributed by atoms with Crippen LogP contribution in [0, 0.1) is 0 Å². The maximum atomic E-state index is 12.0. The predicted molar refractivity (Wildman–Crippen MR) is 88.7 cm³/mol. The van der Waals surface area contributed by atoms with Crippen LogP contribution in [-0.2, 0) is 15.5 Å². The lowest BCUT2D eigenvalue weighted by Gasteiger charge is -2.18. The van der Waals surface area contributed by atoms with Crippen LogP contribution in [0.2, 0.25) is 0 Å². The van der Waals surface area contributed by atoms with Crippen LogP contribution in [0.3, 0.4) is 0 Å². The molecule has 1 aromatic carbocycles. The highest BCUT2D eigenvalue weighted by Crippen LogP contribution is 2.22. The van der Waals surface area contributed by atoms with E-state index >= 15 is 0 Å². The first kappa shape index (κ1) is 17.9. The zero-order chi connectivity index (χ0) is 18.0. The Hall–Kier alpha value is -2.45. The van der Waals surface area contributed by atoms with Gasteiger partial charge in [0.25, 0.3) is 5.91 Å². The van der Waals surface area contributed by atoms with Crippen molar-refractivity contribution in [3.8, 4) is 0 Å². The van der Waals surface area contributed by atoms with Gasteiger partial charge in [-0.2, -0.15) is 13.5 Å². The summed E-state index contributed by atoms with van der Waals surface area (Å²) in [6, 6.07) is 9.55. The Morgan fingerprint density at radius 1 is 1.17 bits per heavy atom. The number of carbonyl (C=O) groups excluding carboxylic acids is 1. The molecule has 0 saturated carbocycles. The molecular weight excluding hydrogens is 332 g/mol. The van der Waals surface area contributed by atoms with Gasteiger partial charge in [-0.05, 0) is 35.2 Å². The van der Waals surface area contributed by atoms with Crippen molar-refractivity contribution in [1.29, 1.82) is 0 Å². The summed E-state index contributed by atoms with van der Waals surface area (Å²) in [5.74, 6) is -0.334. The maximum absolute atomic E-state index is 12.0. The topological polar surface area (TPSA) is 109 Å². The average molecular weight is 350 g/mol. The molecule has 7 nitrogen and oxygen atoms in total. The zero-order valence-corrected chi connectivity index (χ0v) is 14.3. The first-order valence-electron chi connectivity index (χ1n) is 7.08. The number of hydrogen-bond donors (Lipinski definition) is 2. The Balaban J connectivity index is 2.01. The maximum Gasteiger partial charge on any atom is 0.328 e. The molecule has 2 N–H and O–H groups in total. The van der Waals surface area contributed by atoms with Crippen molar-refractivity contribution in [2.75, 3.05) is 0 Å². The molecule has 1 aromatic heterocycles. The Kier molecular flexibility index (Phi) is 4.91. The van der Waals surface area contributed by atoms with Crippen LogP contribution in [0.5, 0.6) is 0 Å². The van der Waals surface area contributed by atoms with Gasteiger partial charge in [0, 0.05) is 5.56 Å². The fourth-order valence-electron chi connectivity index (χ4n) is 1.88. The third kappa shape index (κ3) is 4.53. The second kappa shape index (κ2) is 6.58. The van der Waals surface area contributed by atoms with E-state index in [0.29, 0.717) is 5.56 Å². The third-order valence-electron chi connectivity index (χ3n) is 3.23. The molecule has 1 amide bonds. The van der Waals surface area contributed by atoms with Crippen LogP contribution < -0.4 is 5.43 Å². The number of nitrogens with one attached hydrogen (secondary N) is 1. The number of carbonyl (C=O) groups is 1. The minimum atomic E-state index is -4.40. The van der Waals surface area contributed by atoms with E-state index in [0.717, 1.165) is 17.8 Å². The van der Waals surface area contributed by atoms with Crippen molar-refractivity contribution >= 4 is 22.2 Å². The Bertz CT molecular complexity index is 859. The van der Waals surface area contributed by atoms with Gasteiger partial charge in [-0.3, -0.25) is 9.35 Å². The smallest absolute Gasteiger partial charge is 0.328 e. The van der Waals surface area contributed by atoms with Crippen molar-refractivity contribution in [3.63, 3.8) is 0 Å². The molecule has 0 aliphatic carbocycles. The van der Waals surface area contributed by atoms with Crippen LogP contribution in [0.4, 0.5) is 0 Å². The minimum absolute atomic E-state index is 0.00278. The normalized spacial score (nSPS) is 12.5. The van der Waals surface area contributed by atoms with Gasteiger partial charge in [-0.15, -0.1) is 0 Å². The van der Waals surface area contributed by atoms with Gasteiger partial charge in [-0.1, -0.05) is 32.9 Å². The second-order valence-electron chi connectivity index (χ2n) is 6.16. The molecule has 0 spiro atoms. The number of nitrogens with zero attached hydrogens (tertiary/aromatic N) is 1. The van der Waals surface area contributed by atoms with E-state index in [4.69, 9.17) is 8.97 Å². The lowest BCUT2D eigenvalue weighted by Crippen LogP contribution is -2.18. The average Bonchev–Trinajstić information content (AvgIpc) is 2.95. The van der Waals surface area contributed by atoms with Gasteiger partial charge in [0.05, 0.1) is 6.21 Å². The Morgan fingerprint density at radius 2 is 1.79 bits per heavy atom. The molecule has 0 saturated heterocycles. The summed E-state index contributed by atoms with van der Waals surface area (Å²) in [7, 11) is -4.40. The molecule has 0 atom stereocenters. The zero-order valence-electron chi connectivity index (χ0n) is 13.5. The second-order valence-corrected chi connectivity index (χ2v) is 7.51. The molecule has 0 radical (unpaired) electrons. The van der Waals surface area contributed by atoms with Gasteiger partial charge in [0.2, 0.25) is 5.09 Å². The predicted octanol–water partition coefficient (Wildman–Crippen LogP) is 2.59. The van der Waals surface area contributed by atoms with E-state index in [1.807, 2.05) is 12.1 Å². The van der Waals surface area contributed by atoms with E-state index in [2.05, 4.69) is 31.3 Å². The summed E-state index contributed by atoms with van der Waals surface area (Å²) >= 11 is 0. The number of hydrazone groups is 1. The molecule has 0 unspecified atom stereocenters. The summed E-state index contributed by atoms with van der Waals surface area (Å²) in [6.45, 7) is 6.24. The summed E-state index contributed by atoms with van der Waals surface area (Å²) in [5.41, 5.74) is 3.86. The minimum Gasteiger partial charge on any atom is -0.441 e. The van der Waals surface area contributed by atoms with Crippen molar-refractivity contribution in [2.24, 2.45) is 5.10 Å². The number of furan rings is 1. The Morgan fingerprint density at radius 3 is 2.29 bits per heavy atom. The highest BCUT2D eigenvalue weighted by atomic mass is 32.2. The highest BCUT2D eigenvalue weighted by Gasteiger charge is 2.15. The van der Waals surface area contributed by atoms with Crippen LogP contribution >= 0.6 is 0 Å². The third-order valence-corrected chi connectivity index (χ3v) is 3.96. The molecule has 0 bridgehead atoms. The Labute approximate surface area is 140 Å². The van der Waals surface area contributed by atoms with Crippen LogP contribution in [0.1, 0.15) is 42.5 Å². The fraction of sp³-hybridized carbons (Fsp3) is 0.250. The van der Waals surface area contributed by atoms with E-state index in [9.17, 15) is 13.2 Å². The summed E-state index contributed by atoms with van der Waals surface area (Å²) < 4.78 is 35.4. The first-order chi connectivity index (χ1) is 11.1. The van der Waals surface area contributed by atoms with Crippen molar-refractivity contribution in [1.82, 2.24) is 5.43 Å². The van der Waals surface area contributed by atoms with Crippen molar-refractivity contribution in [2.45, 2.75) is 31.3 Å². The van der Waals surface area contributed by atoms with Crippen LogP contribution in [0.25, 0.3) is 0 Å². The molecule has 0 aliphatic rings. The monoisotopic (exact) mass is 350 g/mol. The summed E-state index contributed by atoms with van der Waals surface area (Å²) in [5, 5.41) is 3.10.